The van der Waals surface area contributed by atoms with E-state index in [9.17, 15) is 18.0 Å². The van der Waals surface area contributed by atoms with Gasteiger partial charge in [-0.25, -0.2) is 13.1 Å². The van der Waals surface area contributed by atoms with Crippen LogP contribution in [-0.4, -0.2) is 38.2 Å². The quantitative estimate of drug-likeness (QED) is 0.764. The van der Waals surface area contributed by atoms with Crippen LogP contribution in [0.15, 0.2) is 52.0 Å². The van der Waals surface area contributed by atoms with Crippen LogP contribution in [0.5, 0.6) is 0 Å². The Morgan fingerprint density at radius 1 is 1.14 bits per heavy atom. The van der Waals surface area contributed by atoms with Crippen molar-refractivity contribution in [2.24, 2.45) is 5.92 Å². The average Bonchev–Trinajstić information content (AvgIpc) is 3.21. The van der Waals surface area contributed by atoms with Gasteiger partial charge < -0.3 is 14.6 Å². The highest BCUT2D eigenvalue weighted by Crippen LogP contribution is 2.20. The predicted molar refractivity (Wildman–Crippen MR) is 103 cm³/mol. The molecule has 0 aliphatic carbocycles. The number of hydrogen-bond acceptors (Lipinski definition) is 5. The lowest BCUT2D eigenvalue weighted by Gasteiger charge is -2.30. The highest BCUT2D eigenvalue weighted by atomic mass is 32.2. The fraction of sp³-hybridized carbons (Fsp3) is 0.368. The first kappa shape index (κ1) is 20.1. The number of piperidine rings is 1. The Morgan fingerprint density at radius 2 is 1.82 bits per heavy atom. The Labute approximate surface area is 164 Å². The fourth-order valence-electron chi connectivity index (χ4n) is 3.08. The first-order valence-electron chi connectivity index (χ1n) is 9.03. The van der Waals surface area contributed by atoms with Crippen molar-refractivity contribution in [3.63, 3.8) is 0 Å². The number of likely N-dealkylation sites (tertiary alicyclic amines) is 1. The molecule has 2 aromatic rings. The molecule has 0 radical (unpaired) electrons. The third-order valence-corrected chi connectivity index (χ3v) is 6.18. The van der Waals surface area contributed by atoms with Gasteiger partial charge >= 0.3 is 0 Å². The van der Waals surface area contributed by atoms with E-state index in [-0.39, 0.29) is 29.2 Å². The molecule has 2 amide bonds. The third kappa shape index (κ3) is 4.99. The summed E-state index contributed by atoms with van der Waals surface area (Å²) in [6.45, 7) is 2.74. The number of carbonyl (C=O) groups excluding carboxylic acids is 2. The van der Waals surface area contributed by atoms with Gasteiger partial charge in [-0.3, -0.25) is 9.59 Å². The van der Waals surface area contributed by atoms with E-state index in [1.165, 1.54) is 25.3 Å². The van der Waals surface area contributed by atoms with Crippen molar-refractivity contribution >= 4 is 27.5 Å². The minimum absolute atomic E-state index is 0.0244. The van der Waals surface area contributed by atoms with Crippen LogP contribution < -0.4 is 10.0 Å². The molecular formula is C19H23N3O5S. The molecule has 1 aromatic heterocycles. The Kier molecular flexibility index (Phi) is 6.15. The van der Waals surface area contributed by atoms with E-state index in [2.05, 4.69) is 10.0 Å². The van der Waals surface area contributed by atoms with Crippen LogP contribution in [-0.2, 0) is 26.2 Å². The Morgan fingerprint density at radius 3 is 2.39 bits per heavy atom. The summed E-state index contributed by atoms with van der Waals surface area (Å²) in [4.78, 5) is 25.6. The van der Waals surface area contributed by atoms with Crippen molar-refractivity contribution in [3.05, 3.63) is 48.4 Å². The van der Waals surface area contributed by atoms with E-state index in [4.69, 9.17) is 4.42 Å². The number of hydrogen-bond donors (Lipinski definition) is 2. The number of nitrogens with zero attached hydrogens (tertiary/aromatic N) is 1. The maximum atomic E-state index is 12.4. The van der Waals surface area contributed by atoms with E-state index in [0.29, 0.717) is 37.4 Å². The summed E-state index contributed by atoms with van der Waals surface area (Å²) in [6, 6.07) is 9.37. The zero-order chi connectivity index (χ0) is 20.1. The van der Waals surface area contributed by atoms with Crippen LogP contribution in [0.1, 0.15) is 25.5 Å². The lowest BCUT2D eigenvalue weighted by atomic mass is 9.96. The van der Waals surface area contributed by atoms with Gasteiger partial charge in [0.1, 0.15) is 5.76 Å². The molecule has 0 unspecified atom stereocenters. The molecule has 2 heterocycles. The van der Waals surface area contributed by atoms with Crippen molar-refractivity contribution in [3.8, 4) is 0 Å². The SMILES string of the molecule is CC(=O)N1CCC(C(=O)Nc2ccc(S(=O)(=O)NCc3ccco3)cc2)CC1. The molecule has 150 valence electrons. The van der Waals surface area contributed by atoms with Crippen LogP contribution >= 0.6 is 0 Å². The van der Waals surface area contributed by atoms with Gasteiger partial charge in [-0.1, -0.05) is 0 Å². The highest BCUT2D eigenvalue weighted by Gasteiger charge is 2.26. The predicted octanol–water partition coefficient (Wildman–Crippen LogP) is 1.96. The summed E-state index contributed by atoms with van der Waals surface area (Å²) >= 11 is 0. The van der Waals surface area contributed by atoms with Crippen molar-refractivity contribution in [2.75, 3.05) is 18.4 Å². The second-order valence-electron chi connectivity index (χ2n) is 6.70. The van der Waals surface area contributed by atoms with E-state index in [1.54, 1.807) is 29.2 Å². The van der Waals surface area contributed by atoms with Gasteiger partial charge in [-0.15, -0.1) is 0 Å². The summed E-state index contributed by atoms with van der Waals surface area (Å²) in [6.07, 6.45) is 2.72. The van der Waals surface area contributed by atoms with Crippen molar-refractivity contribution in [1.29, 1.82) is 0 Å². The number of nitrogens with one attached hydrogen (secondary N) is 2. The molecule has 1 fully saturated rings. The van der Waals surface area contributed by atoms with Gasteiger partial charge in [-0.05, 0) is 49.2 Å². The smallest absolute Gasteiger partial charge is 0.240 e. The van der Waals surface area contributed by atoms with Gasteiger partial charge in [0.05, 0.1) is 17.7 Å². The van der Waals surface area contributed by atoms with Crippen molar-refractivity contribution in [2.45, 2.75) is 31.2 Å². The van der Waals surface area contributed by atoms with Crippen LogP contribution in [0.4, 0.5) is 5.69 Å². The molecule has 28 heavy (non-hydrogen) atoms. The molecule has 1 aliphatic heterocycles. The second kappa shape index (κ2) is 8.57. The maximum absolute atomic E-state index is 12.4. The van der Waals surface area contributed by atoms with E-state index < -0.39 is 10.0 Å². The first-order valence-corrected chi connectivity index (χ1v) is 10.5. The van der Waals surface area contributed by atoms with Crippen LogP contribution in [0.3, 0.4) is 0 Å². The number of rotatable bonds is 6. The van der Waals surface area contributed by atoms with Gasteiger partial charge in [0.25, 0.3) is 0 Å². The summed E-state index contributed by atoms with van der Waals surface area (Å²) in [5.74, 6) is 0.267. The minimum atomic E-state index is -3.68. The highest BCUT2D eigenvalue weighted by molar-refractivity contribution is 7.89. The number of benzene rings is 1. The van der Waals surface area contributed by atoms with Gasteiger partial charge in [0.2, 0.25) is 21.8 Å². The number of anilines is 1. The maximum Gasteiger partial charge on any atom is 0.240 e. The molecule has 1 aliphatic rings. The third-order valence-electron chi connectivity index (χ3n) is 4.76. The number of amides is 2. The Balaban J connectivity index is 1.55. The molecule has 0 spiro atoms. The summed E-state index contributed by atoms with van der Waals surface area (Å²) in [5, 5.41) is 2.82. The van der Waals surface area contributed by atoms with Crippen LogP contribution in [0, 0.1) is 5.92 Å². The van der Waals surface area contributed by atoms with Crippen LogP contribution in [0.2, 0.25) is 0 Å². The van der Waals surface area contributed by atoms with E-state index >= 15 is 0 Å². The monoisotopic (exact) mass is 405 g/mol. The van der Waals surface area contributed by atoms with Gasteiger partial charge in [0.15, 0.2) is 0 Å². The summed E-state index contributed by atoms with van der Waals surface area (Å²) in [7, 11) is -3.68. The van der Waals surface area contributed by atoms with Gasteiger partial charge in [0, 0.05) is 31.6 Å². The Bertz CT molecular complexity index is 915. The first-order chi connectivity index (χ1) is 13.3. The van der Waals surface area contributed by atoms with Crippen molar-refractivity contribution < 1.29 is 22.4 Å². The molecule has 0 atom stereocenters. The standard InChI is InChI=1S/C19H23N3O5S/c1-14(23)22-10-8-15(9-11-22)19(24)21-16-4-6-18(7-5-16)28(25,26)20-13-17-3-2-12-27-17/h2-7,12,15,20H,8-11,13H2,1H3,(H,21,24). The molecule has 1 saturated heterocycles. The second-order valence-corrected chi connectivity index (χ2v) is 8.46. The van der Waals surface area contributed by atoms with E-state index in [0.717, 1.165) is 0 Å². The molecular weight excluding hydrogens is 382 g/mol. The minimum Gasteiger partial charge on any atom is -0.468 e. The topological polar surface area (TPSA) is 109 Å². The number of sulfonamides is 1. The molecule has 1 aromatic carbocycles. The summed E-state index contributed by atoms with van der Waals surface area (Å²) in [5.41, 5.74) is 0.531. The molecule has 9 heteroatoms. The normalized spacial score (nSPS) is 15.4. The van der Waals surface area contributed by atoms with Crippen LogP contribution in [0.25, 0.3) is 0 Å². The number of furan rings is 1. The molecule has 0 bridgehead atoms. The average molecular weight is 405 g/mol. The lowest BCUT2D eigenvalue weighted by molar-refractivity contribution is -0.132. The molecule has 3 rings (SSSR count). The zero-order valence-corrected chi connectivity index (χ0v) is 16.4. The van der Waals surface area contributed by atoms with Gasteiger partial charge in [-0.2, -0.15) is 0 Å². The fourth-order valence-corrected chi connectivity index (χ4v) is 4.07. The Hall–Kier alpha value is -2.65. The summed E-state index contributed by atoms with van der Waals surface area (Å²) < 4.78 is 32.2. The molecule has 8 nitrogen and oxygen atoms in total. The van der Waals surface area contributed by atoms with Crippen molar-refractivity contribution in [1.82, 2.24) is 9.62 Å². The number of carbonyl (C=O) groups is 2. The molecule has 2 N–H and O–H groups in total. The molecule has 0 saturated carbocycles. The largest absolute Gasteiger partial charge is 0.468 e. The lowest BCUT2D eigenvalue weighted by Crippen LogP contribution is -2.40. The zero-order valence-electron chi connectivity index (χ0n) is 15.6. The van der Waals surface area contributed by atoms with E-state index in [1.807, 2.05) is 0 Å².